The predicted octanol–water partition coefficient (Wildman–Crippen LogP) is 1.26. The van der Waals surface area contributed by atoms with Crippen LogP contribution >= 0.6 is 15.9 Å². The number of hydrogen-bond donors (Lipinski definition) is 2. The predicted molar refractivity (Wildman–Crippen MR) is 73.8 cm³/mol. The van der Waals surface area contributed by atoms with Gasteiger partial charge in [-0.25, -0.2) is 4.39 Å². The van der Waals surface area contributed by atoms with E-state index in [0.717, 1.165) is 6.07 Å². The summed E-state index contributed by atoms with van der Waals surface area (Å²) in [5.41, 5.74) is 5.97. The molecule has 1 aromatic rings. The van der Waals surface area contributed by atoms with Crippen LogP contribution in [0.4, 0.5) is 4.39 Å². The lowest BCUT2D eigenvalue weighted by Crippen LogP contribution is -2.45. The van der Waals surface area contributed by atoms with Crippen LogP contribution in [0.15, 0.2) is 16.6 Å². The SMILES string of the molecule is NC(=O)C(CCC(=O)O)N1Cc2c(Br)cc(F)cc2C1=O. The number of carboxylic acids is 1. The number of hydrogen-bond acceptors (Lipinski definition) is 3. The summed E-state index contributed by atoms with van der Waals surface area (Å²) >= 11 is 3.17. The third kappa shape index (κ3) is 3.05. The number of primary amides is 1. The first kappa shape index (κ1) is 15.4. The van der Waals surface area contributed by atoms with Gasteiger partial charge >= 0.3 is 5.97 Å². The maximum atomic E-state index is 13.4. The molecule has 0 saturated heterocycles. The zero-order valence-corrected chi connectivity index (χ0v) is 12.4. The first-order valence-electron chi connectivity index (χ1n) is 6.11. The van der Waals surface area contributed by atoms with E-state index in [2.05, 4.69) is 15.9 Å². The number of aliphatic carboxylic acids is 1. The minimum atomic E-state index is -1.09. The first-order chi connectivity index (χ1) is 9.81. The van der Waals surface area contributed by atoms with E-state index in [1.807, 2.05) is 0 Å². The molecule has 0 aromatic heterocycles. The number of carbonyl (C=O) groups is 3. The van der Waals surface area contributed by atoms with Crippen molar-refractivity contribution in [1.82, 2.24) is 4.90 Å². The Morgan fingerprint density at radius 1 is 1.48 bits per heavy atom. The Labute approximate surface area is 127 Å². The van der Waals surface area contributed by atoms with Crippen LogP contribution < -0.4 is 5.73 Å². The second-order valence-electron chi connectivity index (χ2n) is 4.70. The van der Waals surface area contributed by atoms with Gasteiger partial charge in [0.1, 0.15) is 11.9 Å². The van der Waals surface area contributed by atoms with Gasteiger partial charge in [-0.05, 0) is 24.1 Å². The van der Waals surface area contributed by atoms with Gasteiger partial charge in [0.25, 0.3) is 5.91 Å². The van der Waals surface area contributed by atoms with Gasteiger partial charge in [0.15, 0.2) is 0 Å². The molecule has 0 spiro atoms. The van der Waals surface area contributed by atoms with Crippen molar-refractivity contribution >= 4 is 33.7 Å². The minimum absolute atomic E-state index is 0.0789. The van der Waals surface area contributed by atoms with Crippen LogP contribution in [0.25, 0.3) is 0 Å². The maximum absolute atomic E-state index is 13.4. The number of nitrogens with two attached hydrogens (primary N) is 1. The third-order valence-electron chi connectivity index (χ3n) is 3.32. The summed E-state index contributed by atoms with van der Waals surface area (Å²) in [6.07, 6.45) is -0.367. The smallest absolute Gasteiger partial charge is 0.303 e. The van der Waals surface area contributed by atoms with Crippen LogP contribution in [0.5, 0.6) is 0 Å². The Bertz CT molecular complexity index is 635. The molecule has 1 aromatic carbocycles. The molecule has 1 aliphatic heterocycles. The highest BCUT2D eigenvalue weighted by Gasteiger charge is 2.36. The molecule has 3 N–H and O–H groups in total. The number of halogens is 2. The summed E-state index contributed by atoms with van der Waals surface area (Å²) in [4.78, 5) is 35.6. The Morgan fingerprint density at radius 2 is 2.14 bits per heavy atom. The van der Waals surface area contributed by atoms with Crippen molar-refractivity contribution in [3.05, 3.63) is 33.5 Å². The number of carboxylic acid groups (broad SMARTS) is 1. The van der Waals surface area contributed by atoms with E-state index >= 15 is 0 Å². The monoisotopic (exact) mass is 358 g/mol. The van der Waals surface area contributed by atoms with Crippen LogP contribution in [-0.2, 0) is 16.1 Å². The topological polar surface area (TPSA) is 101 Å². The van der Waals surface area contributed by atoms with Gasteiger partial charge in [-0.1, -0.05) is 15.9 Å². The standard InChI is InChI=1S/C13H12BrFN2O4/c14-9-4-6(15)3-7-8(9)5-17(13(7)21)10(12(16)20)1-2-11(18)19/h3-4,10H,1-2,5H2,(H2,16,20)(H,18,19). The van der Waals surface area contributed by atoms with Crippen molar-refractivity contribution in [2.24, 2.45) is 5.73 Å². The van der Waals surface area contributed by atoms with Crippen LogP contribution in [0, 0.1) is 5.82 Å². The van der Waals surface area contributed by atoms with Gasteiger partial charge in [-0.3, -0.25) is 14.4 Å². The summed E-state index contributed by atoms with van der Waals surface area (Å²) in [7, 11) is 0. The van der Waals surface area contributed by atoms with Gasteiger partial charge in [0.2, 0.25) is 5.91 Å². The highest BCUT2D eigenvalue weighted by molar-refractivity contribution is 9.10. The summed E-state index contributed by atoms with van der Waals surface area (Å²) in [6.45, 7) is 0.0856. The molecule has 0 aliphatic carbocycles. The first-order valence-corrected chi connectivity index (χ1v) is 6.90. The zero-order chi connectivity index (χ0) is 15.7. The molecule has 1 atom stereocenters. The lowest BCUT2D eigenvalue weighted by molar-refractivity contribution is -0.137. The fourth-order valence-electron chi connectivity index (χ4n) is 2.32. The fourth-order valence-corrected chi connectivity index (χ4v) is 2.87. The molecule has 1 unspecified atom stereocenters. The van der Waals surface area contributed by atoms with Crippen molar-refractivity contribution in [1.29, 1.82) is 0 Å². The van der Waals surface area contributed by atoms with Crippen molar-refractivity contribution in [3.8, 4) is 0 Å². The number of benzene rings is 1. The van der Waals surface area contributed by atoms with E-state index in [1.165, 1.54) is 11.0 Å². The van der Waals surface area contributed by atoms with Gasteiger partial charge in [-0.2, -0.15) is 0 Å². The quantitative estimate of drug-likeness (QED) is 0.827. The summed E-state index contributed by atoms with van der Waals surface area (Å²) in [5.74, 6) is -2.97. The van der Waals surface area contributed by atoms with Crippen molar-refractivity contribution < 1.29 is 23.9 Å². The average Bonchev–Trinajstić information content (AvgIpc) is 2.68. The fraction of sp³-hybridized carbons (Fsp3) is 0.308. The van der Waals surface area contributed by atoms with E-state index in [0.29, 0.717) is 10.0 Å². The van der Waals surface area contributed by atoms with Crippen molar-refractivity contribution in [3.63, 3.8) is 0 Å². The number of fused-ring (bicyclic) bond motifs is 1. The lowest BCUT2D eigenvalue weighted by atomic mass is 10.1. The van der Waals surface area contributed by atoms with E-state index in [-0.39, 0.29) is 24.9 Å². The molecule has 6 nitrogen and oxygen atoms in total. The average molecular weight is 359 g/mol. The van der Waals surface area contributed by atoms with E-state index in [9.17, 15) is 18.8 Å². The summed E-state index contributed by atoms with van der Waals surface area (Å²) < 4.78 is 13.8. The normalized spacial score (nSPS) is 15.0. The number of carbonyl (C=O) groups excluding carboxylic acids is 2. The molecule has 0 saturated carbocycles. The van der Waals surface area contributed by atoms with Gasteiger partial charge in [-0.15, -0.1) is 0 Å². The van der Waals surface area contributed by atoms with Crippen molar-refractivity contribution in [2.75, 3.05) is 0 Å². The molecular formula is C13H12BrFN2O4. The highest BCUT2D eigenvalue weighted by Crippen LogP contribution is 2.32. The minimum Gasteiger partial charge on any atom is -0.481 e. The molecular weight excluding hydrogens is 347 g/mol. The van der Waals surface area contributed by atoms with E-state index < -0.39 is 29.6 Å². The summed E-state index contributed by atoms with van der Waals surface area (Å²) in [5, 5.41) is 8.69. The number of nitrogens with zero attached hydrogens (tertiary/aromatic N) is 1. The molecule has 1 heterocycles. The molecule has 0 bridgehead atoms. The lowest BCUT2D eigenvalue weighted by Gasteiger charge is -2.24. The largest absolute Gasteiger partial charge is 0.481 e. The zero-order valence-electron chi connectivity index (χ0n) is 10.8. The molecule has 2 rings (SSSR count). The molecule has 112 valence electrons. The van der Waals surface area contributed by atoms with E-state index in [4.69, 9.17) is 10.8 Å². The Balaban J connectivity index is 2.30. The molecule has 21 heavy (non-hydrogen) atoms. The molecule has 8 heteroatoms. The van der Waals surface area contributed by atoms with Gasteiger partial charge in [0.05, 0.1) is 0 Å². The van der Waals surface area contributed by atoms with Crippen molar-refractivity contribution in [2.45, 2.75) is 25.4 Å². The van der Waals surface area contributed by atoms with Gasteiger partial charge < -0.3 is 15.7 Å². The number of rotatable bonds is 5. The second-order valence-corrected chi connectivity index (χ2v) is 5.55. The highest BCUT2D eigenvalue weighted by atomic mass is 79.9. The molecule has 0 radical (unpaired) electrons. The second kappa shape index (κ2) is 5.80. The molecule has 0 fully saturated rings. The molecule has 1 aliphatic rings. The van der Waals surface area contributed by atoms with E-state index in [1.54, 1.807) is 0 Å². The Morgan fingerprint density at radius 3 is 2.71 bits per heavy atom. The van der Waals surface area contributed by atoms with Crippen LogP contribution in [0.2, 0.25) is 0 Å². The number of amides is 2. The summed E-state index contributed by atoms with van der Waals surface area (Å²) in [6, 6.07) is 1.29. The maximum Gasteiger partial charge on any atom is 0.303 e. The van der Waals surface area contributed by atoms with Crippen LogP contribution in [-0.4, -0.2) is 33.8 Å². The molecule has 2 amide bonds. The third-order valence-corrected chi connectivity index (χ3v) is 4.02. The Kier molecular flexibility index (Phi) is 4.26. The van der Waals surface area contributed by atoms with Gasteiger partial charge in [0, 0.05) is 23.0 Å². The van der Waals surface area contributed by atoms with Crippen LogP contribution in [0.1, 0.15) is 28.8 Å². The van der Waals surface area contributed by atoms with Crippen LogP contribution in [0.3, 0.4) is 0 Å². The Hall–Kier alpha value is -1.96.